The standard InChI is InChI=1S/C14H22N6O3S/c1-19(2)14-17-16-12(23-14)8-15-24(21,22)11-9-20(3)18-13(11)10-6-4-5-7-10/h9-10,15H,4-8H2,1-3H3. The molecule has 1 fully saturated rings. The van der Waals surface area contributed by atoms with Crippen molar-refractivity contribution >= 4 is 16.0 Å². The van der Waals surface area contributed by atoms with Gasteiger partial charge in [-0.05, 0) is 12.8 Å². The van der Waals surface area contributed by atoms with E-state index in [2.05, 4.69) is 20.0 Å². The maximum Gasteiger partial charge on any atom is 0.317 e. The fourth-order valence-electron chi connectivity index (χ4n) is 2.90. The second-order valence-electron chi connectivity index (χ2n) is 6.23. The molecule has 2 aromatic rings. The number of hydrogen-bond acceptors (Lipinski definition) is 7. The van der Waals surface area contributed by atoms with Gasteiger partial charge in [-0.3, -0.25) is 4.68 Å². The first-order chi connectivity index (χ1) is 11.4. The van der Waals surface area contributed by atoms with Crippen LogP contribution in [0.3, 0.4) is 0 Å². The molecule has 132 valence electrons. The van der Waals surface area contributed by atoms with Crippen LogP contribution in [0.25, 0.3) is 0 Å². The Kier molecular flexibility index (Phi) is 4.59. The Bertz CT molecular complexity index is 804. The minimum absolute atomic E-state index is 0.0534. The molecule has 9 nitrogen and oxygen atoms in total. The molecule has 0 spiro atoms. The molecule has 0 amide bonds. The van der Waals surface area contributed by atoms with E-state index in [4.69, 9.17) is 4.42 Å². The number of aryl methyl sites for hydroxylation is 1. The van der Waals surface area contributed by atoms with Crippen molar-refractivity contribution in [3.63, 3.8) is 0 Å². The summed E-state index contributed by atoms with van der Waals surface area (Å²) in [6.07, 6.45) is 5.74. The average Bonchev–Trinajstić information content (AvgIpc) is 3.25. The summed E-state index contributed by atoms with van der Waals surface area (Å²) in [7, 11) is 1.58. The highest BCUT2D eigenvalue weighted by Crippen LogP contribution is 2.36. The fraction of sp³-hybridized carbons (Fsp3) is 0.643. The predicted octanol–water partition coefficient (Wildman–Crippen LogP) is 1.01. The Morgan fingerprint density at radius 3 is 2.67 bits per heavy atom. The number of nitrogens with one attached hydrogen (secondary N) is 1. The summed E-state index contributed by atoms with van der Waals surface area (Å²) in [5, 5.41) is 12.0. The lowest BCUT2D eigenvalue weighted by Gasteiger charge is -2.09. The summed E-state index contributed by atoms with van der Waals surface area (Å²) < 4.78 is 34.8. The predicted molar refractivity (Wildman–Crippen MR) is 87.1 cm³/mol. The van der Waals surface area contributed by atoms with Crippen molar-refractivity contribution in [2.75, 3.05) is 19.0 Å². The van der Waals surface area contributed by atoms with Crippen LogP contribution in [0.4, 0.5) is 6.01 Å². The molecule has 0 aromatic carbocycles. The van der Waals surface area contributed by atoms with Crippen LogP contribution in [0.2, 0.25) is 0 Å². The van der Waals surface area contributed by atoms with Gasteiger partial charge in [-0.1, -0.05) is 17.9 Å². The molecule has 1 saturated carbocycles. The summed E-state index contributed by atoms with van der Waals surface area (Å²) >= 11 is 0. The van der Waals surface area contributed by atoms with Crippen molar-refractivity contribution in [2.24, 2.45) is 7.05 Å². The van der Waals surface area contributed by atoms with Gasteiger partial charge in [0.2, 0.25) is 15.9 Å². The lowest BCUT2D eigenvalue weighted by Crippen LogP contribution is -2.24. The fourth-order valence-corrected chi connectivity index (χ4v) is 4.15. The second kappa shape index (κ2) is 6.52. The topological polar surface area (TPSA) is 106 Å². The van der Waals surface area contributed by atoms with Gasteiger partial charge in [0.05, 0.1) is 12.2 Å². The molecule has 1 aliphatic carbocycles. The number of nitrogens with zero attached hydrogens (tertiary/aromatic N) is 5. The second-order valence-corrected chi connectivity index (χ2v) is 7.97. The van der Waals surface area contributed by atoms with E-state index >= 15 is 0 Å². The Labute approximate surface area is 141 Å². The molecule has 0 radical (unpaired) electrons. The SMILES string of the molecule is CN(C)c1nnc(CNS(=O)(=O)c2cn(C)nc2C2CCCC2)o1. The molecule has 2 aromatic heterocycles. The molecule has 0 saturated heterocycles. The van der Waals surface area contributed by atoms with Crippen molar-refractivity contribution in [2.45, 2.75) is 43.0 Å². The van der Waals surface area contributed by atoms with Crippen molar-refractivity contribution in [3.05, 3.63) is 17.8 Å². The largest absolute Gasteiger partial charge is 0.407 e. The molecule has 1 aliphatic rings. The first kappa shape index (κ1) is 16.9. The minimum Gasteiger partial charge on any atom is -0.407 e. The zero-order chi connectivity index (χ0) is 17.3. The van der Waals surface area contributed by atoms with Gasteiger partial charge < -0.3 is 9.32 Å². The molecular formula is C14H22N6O3S. The Morgan fingerprint density at radius 1 is 1.33 bits per heavy atom. The van der Waals surface area contributed by atoms with Gasteiger partial charge in [0.25, 0.3) is 0 Å². The van der Waals surface area contributed by atoms with Crippen LogP contribution < -0.4 is 9.62 Å². The van der Waals surface area contributed by atoms with Gasteiger partial charge in [-0.15, -0.1) is 5.10 Å². The van der Waals surface area contributed by atoms with E-state index in [0.29, 0.717) is 11.7 Å². The van der Waals surface area contributed by atoms with Crippen LogP contribution in [-0.2, 0) is 23.6 Å². The van der Waals surface area contributed by atoms with E-state index in [-0.39, 0.29) is 23.2 Å². The van der Waals surface area contributed by atoms with Crippen molar-refractivity contribution in [1.29, 1.82) is 0 Å². The quantitative estimate of drug-likeness (QED) is 0.825. The zero-order valence-electron chi connectivity index (χ0n) is 14.1. The van der Waals surface area contributed by atoms with E-state index < -0.39 is 10.0 Å². The third-order valence-corrected chi connectivity index (χ3v) is 5.52. The van der Waals surface area contributed by atoms with Crippen LogP contribution in [0.15, 0.2) is 15.5 Å². The molecule has 0 aliphatic heterocycles. The van der Waals surface area contributed by atoms with E-state index in [1.54, 1.807) is 36.9 Å². The molecule has 0 bridgehead atoms. The molecule has 2 heterocycles. The van der Waals surface area contributed by atoms with Gasteiger partial charge in [0.1, 0.15) is 4.90 Å². The molecule has 3 rings (SSSR count). The van der Waals surface area contributed by atoms with Gasteiger partial charge in [-0.2, -0.15) is 5.10 Å². The summed E-state index contributed by atoms with van der Waals surface area (Å²) in [4.78, 5) is 1.90. The van der Waals surface area contributed by atoms with Crippen molar-refractivity contribution < 1.29 is 12.8 Å². The molecule has 24 heavy (non-hydrogen) atoms. The Hall–Kier alpha value is -1.94. The maximum atomic E-state index is 12.7. The highest BCUT2D eigenvalue weighted by molar-refractivity contribution is 7.89. The normalized spacial score (nSPS) is 16.0. The number of anilines is 1. The van der Waals surface area contributed by atoms with Crippen molar-refractivity contribution in [1.82, 2.24) is 24.7 Å². The minimum atomic E-state index is -3.69. The first-order valence-corrected chi connectivity index (χ1v) is 9.38. The van der Waals surface area contributed by atoms with Crippen LogP contribution >= 0.6 is 0 Å². The third-order valence-electron chi connectivity index (χ3n) is 4.11. The number of aromatic nitrogens is 4. The van der Waals surface area contributed by atoms with Gasteiger partial charge >= 0.3 is 6.01 Å². The molecule has 0 atom stereocenters. The third kappa shape index (κ3) is 3.44. The van der Waals surface area contributed by atoms with E-state index in [1.807, 2.05) is 0 Å². The summed E-state index contributed by atoms with van der Waals surface area (Å²) in [6, 6.07) is 0.331. The van der Waals surface area contributed by atoms with E-state index in [9.17, 15) is 8.42 Å². The summed E-state index contributed by atoms with van der Waals surface area (Å²) in [5.41, 5.74) is 0.655. The van der Waals surface area contributed by atoms with Gasteiger partial charge in [0.15, 0.2) is 0 Å². The van der Waals surface area contributed by atoms with Crippen LogP contribution in [0, 0.1) is 0 Å². The van der Waals surface area contributed by atoms with Crippen LogP contribution in [0.5, 0.6) is 0 Å². The van der Waals surface area contributed by atoms with Crippen LogP contribution in [-0.4, -0.2) is 42.5 Å². The Balaban J connectivity index is 1.77. The first-order valence-electron chi connectivity index (χ1n) is 7.90. The zero-order valence-corrected chi connectivity index (χ0v) is 14.9. The maximum absolute atomic E-state index is 12.7. The summed E-state index contributed by atoms with van der Waals surface area (Å²) in [5.74, 6) is 0.426. The smallest absolute Gasteiger partial charge is 0.317 e. The number of rotatable bonds is 6. The monoisotopic (exact) mass is 354 g/mol. The lowest BCUT2D eigenvalue weighted by molar-refractivity contribution is 0.485. The number of sulfonamides is 1. The van der Waals surface area contributed by atoms with E-state index in [0.717, 1.165) is 25.7 Å². The molecule has 10 heteroatoms. The van der Waals surface area contributed by atoms with Crippen LogP contribution in [0.1, 0.15) is 43.2 Å². The van der Waals surface area contributed by atoms with E-state index in [1.165, 1.54) is 0 Å². The highest BCUT2D eigenvalue weighted by atomic mass is 32.2. The van der Waals surface area contributed by atoms with Crippen molar-refractivity contribution in [3.8, 4) is 0 Å². The average molecular weight is 354 g/mol. The van der Waals surface area contributed by atoms with Gasteiger partial charge in [0, 0.05) is 33.3 Å². The summed E-state index contributed by atoms with van der Waals surface area (Å²) in [6.45, 7) is -0.0534. The molecule has 0 unspecified atom stereocenters. The lowest BCUT2D eigenvalue weighted by atomic mass is 10.1. The number of hydrogen-bond donors (Lipinski definition) is 1. The molecule has 1 N–H and O–H groups in total. The van der Waals surface area contributed by atoms with Gasteiger partial charge in [-0.25, -0.2) is 13.1 Å². The highest BCUT2D eigenvalue weighted by Gasteiger charge is 2.29. The Morgan fingerprint density at radius 2 is 2.04 bits per heavy atom. The molecular weight excluding hydrogens is 332 g/mol.